The van der Waals surface area contributed by atoms with E-state index in [2.05, 4.69) is 32.8 Å². The predicted octanol–water partition coefficient (Wildman–Crippen LogP) is 3.68. The third-order valence-corrected chi connectivity index (χ3v) is 4.92. The van der Waals surface area contributed by atoms with Crippen LogP contribution < -0.4 is 20.7 Å². The summed E-state index contributed by atoms with van der Waals surface area (Å²) in [4.78, 5) is 32.7. The van der Waals surface area contributed by atoms with Gasteiger partial charge < -0.3 is 25.7 Å². The summed E-state index contributed by atoms with van der Waals surface area (Å²) in [7, 11) is 1.56. The summed E-state index contributed by atoms with van der Waals surface area (Å²) >= 11 is 6.34. The van der Waals surface area contributed by atoms with Crippen molar-refractivity contribution >= 4 is 29.2 Å². The summed E-state index contributed by atoms with van der Waals surface area (Å²) in [5, 5.41) is 8.49. The molecule has 4 N–H and O–H groups in total. The van der Waals surface area contributed by atoms with Crippen molar-refractivity contribution in [1.82, 2.24) is 20.6 Å². The van der Waals surface area contributed by atoms with Gasteiger partial charge in [-0.25, -0.2) is 9.78 Å². The molecule has 0 saturated carbocycles. The molecule has 2 aromatic rings. The van der Waals surface area contributed by atoms with E-state index in [0.717, 1.165) is 25.1 Å². The number of benzene rings is 1. The van der Waals surface area contributed by atoms with E-state index in [9.17, 15) is 9.59 Å². The second-order valence-electron chi connectivity index (χ2n) is 6.75. The normalized spacial score (nSPS) is 16.3. The van der Waals surface area contributed by atoms with Gasteiger partial charge in [0.15, 0.2) is 5.15 Å². The number of allylic oxidation sites excluding steroid dienone is 1. The van der Waals surface area contributed by atoms with Crippen LogP contribution in [-0.2, 0) is 11.2 Å². The third kappa shape index (κ3) is 4.71. The Bertz CT molecular complexity index is 953. The average Bonchev–Trinajstić information content (AvgIpc) is 3.06. The van der Waals surface area contributed by atoms with Gasteiger partial charge in [0.1, 0.15) is 17.6 Å². The molecule has 0 aliphatic carbocycles. The van der Waals surface area contributed by atoms with Crippen molar-refractivity contribution < 1.29 is 14.3 Å². The smallest absolute Gasteiger partial charge is 0.319 e. The Morgan fingerprint density at radius 3 is 2.90 bits per heavy atom. The molecular weight excluding hydrogens is 394 g/mol. The summed E-state index contributed by atoms with van der Waals surface area (Å²) in [6.07, 6.45) is 2.72. The van der Waals surface area contributed by atoms with Crippen LogP contribution in [0.15, 0.2) is 35.5 Å². The van der Waals surface area contributed by atoms with Gasteiger partial charge in [0.05, 0.1) is 18.4 Å². The Hall–Kier alpha value is -3.00. The average molecular weight is 418 g/mol. The molecule has 3 rings (SSSR count). The molecule has 1 unspecified atom stereocenters. The fourth-order valence-electron chi connectivity index (χ4n) is 3.18. The summed E-state index contributed by atoms with van der Waals surface area (Å²) < 4.78 is 5.19. The number of aromatic amines is 1. The second kappa shape index (κ2) is 9.00. The highest BCUT2D eigenvalue weighted by Crippen LogP contribution is 2.31. The third-order valence-electron chi connectivity index (χ3n) is 4.63. The number of nitrogens with zero attached hydrogens (tertiary/aromatic N) is 1. The molecule has 9 heteroatoms. The van der Waals surface area contributed by atoms with E-state index in [0.29, 0.717) is 28.4 Å². The Morgan fingerprint density at radius 1 is 1.38 bits per heavy atom. The molecule has 1 atom stereocenters. The highest BCUT2D eigenvalue weighted by Gasteiger charge is 2.34. The van der Waals surface area contributed by atoms with E-state index in [4.69, 9.17) is 16.3 Å². The fourth-order valence-corrected chi connectivity index (χ4v) is 3.44. The molecule has 0 fully saturated rings. The van der Waals surface area contributed by atoms with Crippen LogP contribution in [0.4, 0.5) is 10.5 Å². The number of aromatic nitrogens is 2. The van der Waals surface area contributed by atoms with Gasteiger partial charge in [0.25, 0.3) is 5.91 Å². The summed E-state index contributed by atoms with van der Waals surface area (Å²) in [6, 6.07) is 5.87. The molecule has 3 amide bonds. The molecule has 1 aliphatic rings. The predicted molar refractivity (Wildman–Crippen MR) is 111 cm³/mol. The van der Waals surface area contributed by atoms with Crippen LogP contribution >= 0.6 is 11.6 Å². The van der Waals surface area contributed by atoms with Crippen molar-refractivity contribution in [3.63, 3.8) is 0 Å². The molecule has 2 heterocycles. The number of aryl methyl sites for hydroxylation is 1. The number of amides is 3. The maximum atomic E-state index is 13.1. The Morgan fingerprint density at radius 2 is 2.17 bits per heavy atom. The molecule has 0 spiro atoms. The Labute approximate surface area is 174 Å². The van der Waals surface area contributed by atoms with E-state index in [-0.39, 0.29) is 11.1 Å². The van der Waals surface area contributed by atoms with Crippen LogP contribution in [-0.4, -0.2) is 29.0 Å². The number of imidazole rings is 1. The van der Waals surface area contributed by atoms with Crippen LogP contribution in [0.2, 0.25) is 5.15 Å². The molecule has 1 aromatic carbocycles. The Balaban J connectivity index is 1.91. The lowest BCUT2D eigenvalue weighted by Gasteiger charge is -2.27. The van der Waals surface area contributed by atoms with Crippen molar-refractivity contribution in [2.24, 2.45) is 0 Å². The van der Waals surface area contributed by atoms with Crippen molar-refractivity contribution in [2.45, 2.75) is 39.2 Å². The number of hydrogen-bond acceptors (Lipinski definition) is 4. The summed E-state index contributed by atoms with van der Waals surface area (Å²) in [5.74, 6) is 0.983. The number of halogens is 1. The number of carbonyl (C=O) groups excluding carboxylic acids is 2. The molecule has 8 nitrogen and oxygen atoms in total. The van der Waals surface area contributed by atoms with E-state index in [1.165, 1.54) is 0 Å². The fraction of sp³-hybridized carbons (Fsp3) is 0.350. The SMILES string of the molecule is CCCCc1nc(Cl)c(C2NC(=O)NC(C)=C2C(=O)Nc2cccc(OC)c2)[nH]1. The summed E-state index contributed by atoms with van der Waals surface area (Å²) in [5.41, 5.74) is 1.85. The van der Waals surface area contributed by atoms with Gasteiger partial charge in [0, 0.05) is 23.9 Å². The highest BCUT2D eigenvalue weighted by atomic mass is 35.5. The minimum atomic E-state index is -0.746. The maximum absolute atomic E-state index is 13.1. The van der Waals surface area contributed by atoms with Crippen molar-refractivity contribution in [2.75, 3.05) is 12.4 Å². The number of unbranched alkanes of at least 4 members (excludes halogenated alkanes) is 1. The lowest BCUT2D eigenvalue weighted by atomic mass is 9.99. The summed E-state index contributed by atoms with van der Waals surface area (Å²) in [6.45, 7) is 3.76. The van der Waals surface area contributed by atoms with Gasteiger partial charge >= 0.3 is 6.03 Å². The second-order valence-corrected chi connectivity index (χ2v) is 7.11. The number of rotatable bonds is 7. The number of anilines is 1. The van der Waals surface area contributed by atoms with Crippen molar-refractivity contribution in [3.05, 3.63) is 52.2 Å². The number of H-pyrrole nitrogens is 1. The molecule has 154 valence electrons. The maximum Gasteiger partial charge on any atom is 0.319 e. The van der Waals surface area contributed by atoms with Gasteiger partial charge in [0.2, 0.25) is 0 Å². The number of urea groups is 1. The van der Waals surface area contributed by atoms with Crippen LogP contribution in [0.1, 0.15) is 44.2 Å². The number of carbonyl (C=O) groups is 2. The topological polar surface area (TPSA) is 108 Å². The first-order chi connectivity index (χ1) is 13.9. The molecular formula is C20H24ClN5O3. The van der Waals surface area contributed by atoms with E-state index < -0.39 is 12.1 Å². The molecule has 1 aromatic heterocycles. The number of methoxy groups -OCH3 is 1. The first-order valence-corrected chi connectivity index (χ1v) is 9.78. The number of hydrogen-bond donors (Lipinski definition) is 4. The van der Waals surface area contributed by atoms with E-state index in [1.807, 2.05) is 0 Å². The van der Waals surface area contributed by atoms with Gasteiger partial charge in [-0.2, -0.15) is 0 Å². The molecule has 0 radical (unpaired) electrons. The quantitative estimate of drug-likeness (QED) is 0.551. The molecule has 0 saturated heterocycles. The first-order valence-electron chi connectivity index (χ1n) is 9.40. The minimum Gasteiger partial charge on any atom is -0.497 e. The highest BCUT2D eigenvalue weighted by molar-refractivity contribution is 6.30. The molecule has 0 bridgehead atoms. The van der Waals surface area contributed by atoms with Crippen molar-refractivity contribution in [1.29, 1.82) is 0 Å². The van der Waals surface area contributed by atoms with Gasteiger partial charge in [-0.15, -0.1) is 0 Å². The lowest BCUT2D eigenvalue weighted by molar-refractivity contribution is -0.113. The number of ether oxygens (including phenoxy) is 1. The van der Waals surface area contributed by atoms with Crippen LogP contribution in [0.3, 0.4) is 0 Å². The lowest BCUT2D eigenvalue weighted by Crippen LogP contribution is -2.46. The Kier molecular flexibility index (Phi) is 6.43. The number of nitrogens with one attached hydrogen (secondary N) is 4. The van der Waals surface area contributed by atoms with Crippen molar-refractivity contribution in [3.8, 4) is 5.75 Å². The zero-order valence-corrected chi connectivity index (χ0v) is 17.3. The van der Waals surface area contributed by atoms with Gasteiger partial charge in [-0.3, -0.25) is 4.79 Å². The first kappa shape index (κ1) is 20.7. The van der Waals surface area contributed by atoms with E-state index >= 15 is 0 Å². The van der Waals surface area contributed by atoms with Gasteiger partial charge in [-0.1, -0.05) is 31.0 Å². The standard InChI is InChI=1S/C20H24ClN5O3/c1-4-5-9-14-24-17(18(21)25-14)16-15(11(2)22-20(28)26-16)19(27)23-12-7-6-8-13(10-12)29-3/h6-8,10,16H,4-5,9H2,1-3H3,(H,23,27)(H,24,25)(H2,22,26,28). The van der Waals surface area contributed by atoms with Crippen LogP contribution in [0.5, 0.6) is 5.75 Å². The van der Waals surface area contributed by atoms with Crippen LogP contribution in [0.25, 0.3) is 0 Å². The largest absolute Gasteiger partial charge is 0.497 e. The zero-order valence-electron chi connectivity index (χ0n) is 16.6. The molecule has 29 heavy (non-hydrogen) atoms. The minimum absolute atomic E-state index is 0.239. The molecule has 1 aliphatic heterocycles. The van der Waals surface area contributed by atoms with E-state index in [1.54, 1.807) is 38.3 Å². The zero-order chi connectivity index (χ0) is 21.0. The monoisotopic (exact) mass is 417 g/mol. The van der Waals surface area contributed by atoms with Gasteiger partial charge in [-0.05, 0) is 25.5 Å². The van der Waals surface area contributed by atoms with Crippen LogP contribution in [0, 0.1) is 0 Å².